The van der Waals surface area contributed by atoms with Crippen LogP contribution in [0.3, 0.4) is 0 Å². The zero-order valence-corrected chi connectivity index (χ0v) is 16.3. The Morgan fingerprint density at radius 1 is 1.07 bits per heavy atom. The second kappa shape index (κ2) is 10.3. The summed E-state index contributed by atoms with van der Waals surface area (Å²) >= 11 is 0. The Morgan fingerprint density at radius 2 is 1.79 bits per heavy atom. The number of benzene rings is 2. The van der Waals surface area contributed by atoms with Gasteiger partial charge in [-0.3, -0.25) is 9.59 Å². The first-order valence-electron chi connectivity index (χ1n) is 8.96. The number of methoxy groups -OCH3 is 2. The van der Waals surface area contributed by atoms with Gasteiger partial charge in [0.2, 0.25) is 11.8 Å². The summed E-state index contributed by atoms with van der Waals surface area (Å²) in [7, 11) is 3.09. The van der Waals surface area contributed by atoms with Crippen LogP contribution in [0.25, 0.3) is 0 Å². The highest BCUT2D eigenvalue weighted by molar-refractivity contribution is 5.86. The Labute approximate surface area is 164 Å². The largest absolute Gasteiger partial charge is 0.497 e. The first-order valence-corrected chi connectivity index (χ1v) is 8.96. The molecule has 0 saturated heterocycles. The lowest BCUT2D eigenvalue weighted by molar-refractivity contribution is -0.135. The molecule has 0 unspecified atom stereocenters. The summed E-state index contributed by atoms with van der Waals surface area (Å²) in [5, 5.41) is 2.74. The average Bonchev–Trinajstić information content (AvgIpc) is 2.71. The summed E-state index contributed by atoms with van der Waals surface area (Å²) in [6.07, 6.45) is 0.0967. The average molecular weight is 388 g/mol. The molecule has 2 aromatic rings. The minimum atomic E-state index is -0.328. The van der Waals surface area contributed by atoms with Crippen molar-refractivity contribution >= 4 is 11.8 Å². The van der Waals surface area contributed by atoms with Crippen molar-refractivity contribution in [2.75, 3.05) is 27.3 Å². The van der Waals surface area contributed by atoms with E-state index >= 15 is 0 Å². The summed E-state index contributed by atoms with van der Waals surface area (Å²) in [5.41, 5.74) is 1.47. The van der Waals surface area contributed by atoms with Crippen molar-refractivity contribution in [1.82, 2.24) is 10.2 Å². The number of rotatable bonds is 9. The number of carbonyl (C=O) groups excluding carboxylic acids is 2. The van der Waals surface area contributed by atoms with E-state index < -0.39 is 0 Å². The van der Waals surface area contributed by atoms with Crippen molar-refractivity contribution in [3.63, 3.8) is 0 Å². The fraction of sp³-hybridized carbons (Fsp3) is 0.333. The van der Waals surface area contributed by atoms with E-state index in [-0.39, 0.29) is 37.1 Å². The van der Waals surface area contributed by atoms with Crippen LogP contribution in [0.15, 0.2) is 42.5 Å². The summed E-state index contributed by atoms with van der Waals surface area (Å²) < 4.78 is 23.4. The fourth-order valence-corrected chi connectivity index (χ4v) is 2.70. The van der Waals surface area contributed by atoms with Gasteiger partial charge >= 0.3 is 0 Å². The summed E-state index contributed by atoms with van der Waals surface area (Å²) in [6.45, 7) is 2.43. The van der Waals surface area contributed by atoms with Gasteiger partial charge in [0.1, 0.15) is 17.3 Å². The molecule has 2 rings (SSSR count). The maximum atomic E-state index is 12.9. The molecule has 0 saturated carbocycles. The first kappa shape index (κ1) is 21.2. The van der Waals surface area contributed by atoms with Gasteiger partial charge in [-0.15, -0.1) is 0 Å². The maximum absolute atomic E-state index is 12.9. The topological polar surface area (TPSA) is 67.9 Å². The molecule has 0 bridgehead atoms. The Kier molecular flexibility index (Phi) is 7.80. The van der Waals surface area contributed by atoms with Gasteiger partial charge in [-0.1, -0.05) is 12.1 Å². The highest BCUT2D eigenvalue weighted by atomic mass is 19.1. The molecule has 7 heteroatoms. The number of ether oxygens (including phenoxy) is 2. The minimum Gasteiger partial charge on any atom is -0.497 e. The molecule has 2 aromatic carbocycles. The van der Waals surface area contributed by atoms with Gasteiger partial charge in [0.05, 0.1) is 27.2 Å². The highest BCUT2D eigenvalue weighted by Gasteiger charge is 2.18. The number of likely N-dealkylation sites (N-methyl/N-ethyl adjacent to an activating group) is 1. The van der Waals surface area contributed by atoms with Crippen molar-refractivity contribution in [2.24, 2.45) is 0 Å². The van der Waals surface area contributed by atoms with Gasteiger partial charge in [0.25, 0.3) is 0 Å². The summed E-state index contributed by atoms with van der Waals surface area (Å²) in [4.78, 5) is 26.3. The quantitative estimate of drug-likeness (QED) is 0.717. The molecule has 6 nitrogen and oxygen atoms in total. The van der Waals surface area contributed by atoms with Crippen LogP contribution in [-0.2, 0) is 22.6 Å². The summed E-state index contributed by atoms with van der Waals surface area (Å²) in [5.74, 6) is 0.420. The van der Waals surface area contributed by atoms with E-state index in [4.69, 9.17) is 9.47 Å². The monoisotopic (exact) mass is 388 g/mol. The smallest absolute Gasteiger partial charge is 0.239 e. The molecule has 150 valence electrons. The van der Waals surface area contributed by atoms with Crippen molar-refractivity contribution in [2.45, 2.75) is 19.9 Å². The van der Waals surface area contributed by atoms with E-state index in [1.165, 1.54) is 24.1 Å². The molecule has 0 aliphatic heterocycles. The molecule has 0 fully saturated rings. The number of amides is 2. The van der Waals surface area contributed by atoms with E-state index in [9.17, 15) is 14.0 Å². The molecule has 0 aromatic heterocycles. The second-order valence-electron chi connectivity index (χ2n) is 6.17. The number of halogens is 1. The second-order valence-corrected chi connectivity index (χ2v) is 6.17. The van der Waals surface area contributed by atoms with Crippen molar-refractivity contribution in [3.05, 3.63) is 59.4 Å². The lowest BCUT2D eigenvalue weighted by Gasteiger charge is -2.21. The van der Waals surface area contributed by atoms with Crippen LogP contribution in [0, 0.1) is 5.82 Å². The molecule has 2 amide bonds. The standard InChI is InChI=1S/C21H25FN2O4/c1-4-24(14-20(25)23-13-15-5-7-17(22)8-6-15)21(26)12-16-11-18(27-2)9-10-19(16)28-3/h5-11H,4,12-14H2,1-3H3,(H,23,25). The number of hydrogen-bond acceptors (Lipinski definition) is 4. The van der Waals surface area contributed by atoms with E-state index in [0.29, 0.717) is 23.6 Å². The van der Waals surface area contributed by atoms with E-state index in [1.807, 2.05) is 6.92 Å². The molecule has 0 atom stereocenters. The Bertz CT molecular complexity index is 809. The molecule has 0 spiro atoms. The van der Waals surface area contributed by atoms with E-state index in [0.717, 1.165) is 5.56 Å². The molecule has 0 aliphatic carbocycles. The predicted octanol–water partition coefficient (Wildman–Crippen LogP) is 2.55. The Morgan fingerprint density at radius 3 is 2.39 bits per heavy atom. The lowest BCUT2D eigenvalue weighted by atomic mass is 10.1. The first-order chi connectivity index (χ1) is 13.5. The number of hydrogen-bond donors (Lipinski definition) is 1. The van der Waals surface area contributed by atoms with Crippen LogP contribution in [0.1, 0.15) is 18.1 Å². The highest BCUT2D eigenvalue weighted by Crippen LogP contribution is 2.24. The Hall–Kier alpha value is -3.09. The number of carbonyl (C=O) groups is 2. The fourth-order valence-electron chi connectivity index (χ4n) is 2.70. The minimum absolute atomic E-state index is 0.0528. The van der Waals surface area contributed by atoms with Crippen molar-refractivity contribution in [3.8, 4) is 11.5 Å². The van der Waals surface area contributed by atoms with Crippen LogP contribution in [0.2, 0.25) is 0 Å². The van der Waals surface area contributed by atoms with Crippen LogP contribution in [0.4, 0.5) is 4.39 Å². The van der Waals surface area contributed by atoms with Gasteiger partial charge < -0.3 is 19.7 Å². The van der Waals surface area contributed by atoms with Gasteiger partial charge in [-0.2, -0.15) is 0 Å². The molecular formula is C21H25FN2O4. The van der Waals surface area contributed by atoms with Gasteiger partial charge in [0, 0.05) is 18.7 Å². The van der Waals surface area contributed by atoms with Crippen LogP contribution >= 0.6 is 0 Å². The van der Waals surface area contributed by atoms with E-state index in [1.54, 1.807) is 37.4 Å². The lowest BCUT2D eigenvalue weighted by Crippen LogP contribution is -2.41. The van der Waals surface area contributed by atoms with Crippen molar-refractivity contribution < 1.29 is 23.5 Å². The van der Waals surface area contributed by atoms with Gasteiger partial charge in [-0.05, 0) is 42.8 Å². The van der Waals surface area contributed by atoms with Crippen LogP contribution < -0.4 is 14.8 Å². The molecule has 1 N–H and O–H groups in total. The molecule has 28 heavy (non-hydrogen) atoms. The van der Waals surface area contributed by atoms with Crippen molar-refractivity contribution in [1.29, 1.82) is 0 Å². The van der Waals surface area contributed by atoms with Gasteiger partial charge in [0.15, 0.2) is 0 Å². The SMILES string of the molecule is CCN(CC(=O)NCc1ccc(F)cc1)C(=O)Cc1cc(OC)ccc1OC. The zero-order valence-electron chi connectivity index (χ0n) is 16.3. The maximum Gasteiger partial charge on any atom is 0.239 e. The third-order valence-electron chi connectivity index (χ3n) is 4.30. The van der Waals surface area contributed by atoms with Crippen LogP contribution in [-0.4, -0.2) is 44.0 Å². The Balaban J connectivity index is 1.95. The zero-order chi connectivity index (χ0) is 20.5. The molecular weight excluding hydrogens is 363 g/mol. The normalized spacial score (nSPS) is 10.3. The molecule has 0 aliphatic rings. The third-order valence-corrected chi connectivity index (χ3v) is 4.30. The summed E-state index contributed by atoms with van der Waals surface area (Å²) in [6, 6.07) is 11.1. The molecule has 0 heterocycles. The van der Waals surface area contributed by atoms with E-state index in [2.05, 4.69) is 5.32 Å². The molecule has 0 radical (unpaired) electrons. The van der Waals surface area contributed by atoms with Crippen LogP contribution in [0.5, 0.6) is 11.5 Å². The number of nitrogens with one attached hydrogen (secondary N) is 1. The van der Waals surface area contributed by atoms with Gasteiger partial charge in [-0.25, -0.2) is 4.39 Å². The third kappa shape index (κ3) is 5.97. The predicted molar refractivity (Wildman–Crippen MR) is 104 cm³/mol. The number of nitrogens with zero attached hydrogens (tertiary/aromatic N) is 1.